The highest BCUT2D eigenvalue weighted by Gasteiger charge is 2.55. The van der Waals surface area contributed by atoms with E-state index in [1.54, 1.807) is 6.92 Å². The average Bonchev–Trinajstić information content (AvgIpc) is 3.04. The highest BCUT2D eigenvalue weighted by molar-refractivity contribution is 5.81. The lowest BCUT2D eigenvalue weighted by Gasteiger charge is -2.54. The van der Waals surface area contributed by atoms with Crippen molar-refractivity contribution in [2.75, 3.05) is 4.90 Å². The fraction of sp³-hybridized carbons (Fsp3) is 0.348. The normalized spacial score (nSPS) is 27.8. The monoisotopic (exact) mass is 342 g/mol. The van der Waals surface area contributed by atoms with Gasteiger partial charge in [0.1, 0.15) is 6.17 Å². The summed E-state index contributed by atoms with van der Waals surface area (Å²) in [6.45, 7) is 1.74. The maximum atomic E-state index is 12.8. The summed E-state index contributed by atoms with van der Waals surface area (Å²) < 4.78 is 0. The van der Waals surface area contributed by atoms with Gasteiger partial charge in [-0.2, -0.15) is 0 Å². The lowest BCUT2D eigenvalue weighted by atomic mass is 9.74. The van der Waals surface area contributed by atoms with Crippen molar-refractivity contribution in [2.45, 2.75) is 50.7 Å². The molecule has 0 spiro atoms. The zero-order valence-corrected chi connectivity index (χ0v) is 15.0. The minimum Gasteiger partial charge on any atom is -0.323 e. The summed E-state index contributed by atoms with van der Waals surface area (Å²) in [5, 5.41) is 0. The molecule has 2 bridgehead atoms. The average molecular weight is 342 g/mol. The lowest BCUT2D eigenvalue weighted by molar-refractivity contribution is -0.134. The highest BCUT2D eigenvalue weighted by atomic mass is 16.2. The van der Waals surface area contributed by atoms with Gasteiger partial charge in [-0.15, -0.1) is 0 Å². The number of benzene rings is 2. The standard InChI is InChI=1S/C23H22N2O/c1-14(26)24-22-16-9-3-2-8-15(16)21-17-10-4-6-12-19(17)25(23(21)24)20-13-7-5-11-18(20)22/h2-4,6,8-10,12,21-23H,5,7,11,13H2,1H3/t21-,22+,23?/m0/s1. The Labute approximate surface area is 153 Å². The van der Waals surface area contributed by atoms with E-state index in [0.29, 0.717) is 0 Å². The number of allylic oxidation sites excluding steroid dienone is 1. The quantitative estimate of drug-likeness (QED) is 0.692. The first-order chi connectivity index (χ1) is 12.8. The number of hydrogen-bond acceptors (Lipinski definition) is 2. The van der Waals surface area contributed by atoms with Gasteiger partial charge in [-0.3, -0.25) is 4.79 Å². The Morgan fingerprint density at radius 2 is 1.62 bits per heavy atom. The molecule has 3 aliphatic heterocycles. The lowest BCUT2D eigenvalue weighted by Crippen LogP contribution is -2.58. The van der Waals surface area contributed by atoms with Crippen LogP contribution >= 0.6 is 0 Å². The molecule has 1 aliphatic carbocycles. The van der Waals surface area contributed by atoms with Crippen LogP contribution in [0.25, 0.3) is 0 Å². The number of carbonyl (C=O) groups is 1. The molecule has 3 heteroatoms. The predicted molar refractivity (Wildman–Crippen MR) is 102 cm³/mol. The van der Waals surface area contributed by atoms with E-state index in [-0.39, 0.29) is 24.0 Å². The summed E-state index contributed by atoms with van der Waals surface area (Å²) in [5.41, 5.74) is 8.40. The van der Waals surface area contributed by atoms with E-state index in [2.05, 4.69) is 58.3 Å². The van der Waals surface area contributed by atoms with Crippen LogP contribution in [0.15, 0.2) is 59.8 Å². The number of rotatable bonds is 0. The fourth-order valence-electron chi connectivity index (χ4n) is 5.89. The summed E-state index contributed by atoms with van der Waals surface area (Å²) in [6.07, 6.45) is 4.82. The molecule has 26 heavy (non-hydrogen) atoms. The molecule has 3 nitrogen and oxygen atoms in total. The number of nitrogens with zero attached hydrogens (tertiary/aromatic N) is 2. The van der Waals surface area contributed by atoms with Gasteiger partial charge in [-0.05, 0) is 54.0 Å². The number of para-hydroxylation sites is 1. The van der Waals surface area contributed by atoms with E-state index in [1.807, 2.05) is 0 Å². The Kier molecular flexibility index (Phi) is 2.81. The Morgan fingerprint density at radius 3 is 2.42 bits per heavy atom. The summed E-state index contributed by atoms with van der Waals surface area (Å²) in [6, 6.07) is 17.7. The fourth-order valence-corrected chi connectivity index (χ4v) is 5.89. The topological polar surface area (TPSA) is 23.6 Å². The molecule has 1 unspecified atom stereocenters. The van der Waals surface area contributed by atoms with Crippen LogP contribution in [0.2, 0.25) is 0 Å². The molecule has 0 aromatic heterocycles. The third-order valence-electron chi connectivity index (χ3n) is 6.75. The predicted octanol–water partition coefficient (Wildman–Crippen LogP) is 4.71. The first-order valence-corrected chi connectivity index (χ1v) is 9.75. The summed E-state index contributed by atoms with van der Waals surface area (Å²) in [7, 11) is 0. The van der Waals surface area contributed by atoms with Crippen molar-refractivity contribution in [2.24, 2.45) is 0 Å². The van der Waals surface area contributed by atoms with Gasteiger partial charge in [0.05, 0.1) is 12.0 Å². The van der Waals surface area contributed by atoms with Crippen LogP contribution in [0.5, 0.6) is 0 Å². The van der Waals surface area contributed by atoms with Gasteiger partial charge in [0, 0.05) is 18.3 Å². The largest absolute Gasteiger partial charge is 0.323 e. The molecule has 2 aromatic rings. The maximum absolute atomic E-state index is 12.8. The second-order valence-electron chi connectivity index (χ2n) is 7.96. The number of hydrogen-bond donors (Lipinski definition) is 0. The molecule has 3 heterocycles. The molecule has 3 atom stereocenters. The first kappa shape index (κ1) is 14.6. The Bertz CT molecular complexity index is 976. The maximum Gasteiger partial charge on any atom is 0.221 e. The van der Waals surface area contributed by atoms with Crippen molar-refractivity contribution < 1.29 is 4.79 Å². The molecule has 0 saturated heterocycles. The van der Waals surface area contributed by atoms with Crippen molar-refractivity contribution >= 4 is 11.6 Å². The van der Waals surface area contributed by atoms with Crippen LogP contribution in [0.1, 0.15) is 61.3 Å². The van der Waals surface area contributed by atoms with E-state index in [9.17, 15) is 4.79 Å². The van der Waals surface area contributed by atoms with Crippen LogP contribution < -0.4 is 4.90 Å². The molecule has 0 radical (unpaired) electrons. The first-order valence-electron chi connectivity index (χ1n) is 9.75. The number of carbonyl (C=O) groups excluding carboxylic acids is 1. The van der Waals surface area contributed by atoms with Crippen molar-refractivity contribution in [3.8, 4) is 0 Å². The number of fused-ring (bicyclic) bond motifs is 9. The molecule has 1 amide bonds. The molecule has 0 saturated carbocycles. The Morgan fingerprint density at radius 1 is 0.923 bits per heavy atom. The summed E-state index contributed by atoms with van der Waals surface area (Å²) in [5.74, 6) is 0.438. The molecule has 2 aromatic carbocycles. The minimum atomic E-state index is 0.0987. The van der Waals surface area contributed by atoms with Crippen LogP contribution in [0, 0.1) is 0 Å². The van der Waals surface area contributed by atoms with Crippen LogP contribution in [0.3, 0.4) is 0 Å². The third-order valence-corrected chi connectivity index (χ3v) is 6.75. The second-order valence-corrected chi connectivity index (χ2v) is 7.96. The van der Waals surface area contributed by atoms with Gasteiger partial charge in [-0.1, -0.05) is 42.5 Å². The molecular weight excluding hydrogens is 320 g/mol. The number of anilines is 1. The molecule has 0 N–H and O–H groups in total. The molecule has 130 valence electrons. The van der Waals surface area contributed by atoms with Crippen LogP contribution in [-0.4, -0.2) is 17.0 Å². The van der Waals surface area contributed by atoms with E-state index in [0.717, 1.165) is 12.8 Å². The van der Waals surface area contributed by atoms with E-state index in [4.69, 9.17) is 0 Å². The van der Waals surface area contributed by atoms with Gasteiger partial charge in [0.15, 0.2) is 0 Å². The summed E-state index contributed by atoms with van der Waals surface area (Å²) in [4.78, 5) is 17.5. The van der Waals surface area contributed by atoms with Crippen molar-refractivity contribution in [1.29, 1.82) is 0 Å². The molecule has 0 fully saturated rings. The van der Waals surface area contributed by atoms with Gasteiger partial charge in [0.25, 0.3) is 0 Å². The summed E-state index contributed by atoms with van der Waals surface area (Å²) >= 11 is 0. The van der Waals surface area contributed by atoms with Gasteiger partial charge < -0.3 is 9.80 Å². The van der Waals surface area contributed by atoms with Crippen molar-refractivity contribution in [1.82, 2.24) is 4.90 Å². The molecular formula is C23H22N2O. The van der Waals surface area contributed by atoms with Crippen LogP contribution in [-0.2, 0) is 4.79 Å². The third kappa shape index (κ3) is 1.62. The Hall–Kier alpha value is -2.55. The van der Waals surface area contributed by atoms with E-state index >= 15 is 0 Å². The smallest absolute Gasteiger partial charge is 0.221 e. The number of amides is 1. The minimum absolute atomic E-state index is 0.0987. The van der Waals surface area contributed by atoms with Gasteiger partial charge in [0.2, 0.25) is 5.91 Å². The van der Waals surface area contributed by atoms with Gasteiger partial charge >= 0.3 is 0 Å². The van der Waals surface area contributed by atoms with E-state index < -0.39 is 0 Å². The van der Waals surface area contributed by atoms with Crippen molar-refractivity contribution in [3.05, 3.63) is 76.5 Å². The van der Waals surface area contributed by atoms with E-state index in [1.165, 1.54) is 46.5 Å². The highest BCUT2D eigenvalue weighted by Crippen LogP contribution is 2.60. The molecule has 4 aliphatic rings. The zero-order valence-electron chi connectivity index (χ0n) is 15.0. The molecule has 6 rings (SSSR count). The Balaban J connectivity index is 1.75. The zero-order chi connectivity index (χ0) is 17.4. The second kappa shape index (κ2) is 5.00. The van der Waals surface area contributed by atoms with Crippen molar-refractivity contribution in [3.63, 3.8) is 0 Å². The van der Waals surface area contributed by atoms with Gasteiger partial charge in [-0.25, -0.2) is 0 Å². The SMILES string of the molecule is CC(=O)N1C2[C@H]3c4ccccc4[C@@H]1C1=C(CCCC1)N2c1ccccc13. The van der Waals surface area contributed by atoms with Crippen LogP contribution in [0.4, 0.5) is 5.69 Å².